The normalized spacial score (nSPS) is 13.3. The van der Waals surface area contributed by atoms with Crippen molar-refractivity contribution in [3.63, 3.8) is 0 Å². The highest BCUT2D eigenvalue weighted by Crippen LogP contribution is 1.92. The average molecular weight is 204 g/mol. The molecule has 0 atom stereocenters. The Bertz CT molecular complexity index is 265. The van der Waals surface area contributed by atoms with Crippen molar-refractivity contribution in [1.29, 1.82) is 0 Å². The summed E-state index contributed by atoms with van der Waals surface area (Å²) in [6.45, 7) is 0. The Labute approximate surface area is 64.7 Å². The van der Waals surface area contributed by atoms with Gasteiger partial charge in [-0.05, 0) is 6.42 Å². The van der Waals surface area contributed by atoms with E-state index < -0.39 is 31.7 Å². The van der Waals surface area contributed by atoms with Gasteiger partial charge in [-0.15, -0.1) is 0 Å². The fourth-order valence-electron chi connectivity index (χ4n) is 0.424. The Balaban J connectivity index is 3.79. The molecule has 0 amide bonds. The topological polar surface area (TPSA) is 109 Å². The van der Waals surface area contributed by atoms with E-state index in [1.165, 1.54) is 0 Å². The molecule has 0 aromatic rings. The second-order valence-corrected chi connectivity index (χ2v) is 5.07. The minimum Gasteiger partial charge on any atom is -0.286 e. The van der Waals surface area contributed by atoms with Crippen LogP contribution < -0.4 is 0 Å². The van der Waals surface area contributed by atoms with Gasteiger partial charge in [-0.25, -0.2) is 0 Å². The summed E-state index contributed by atoms with van der Waals surface area (Å²) >= 11 is 0. The zero-order valence-electron chi connectivity index (χ0n) is 5.47. The van der Waals surface area contributed by atoms with E-state index in [4.69, 9.17) is 9.11 Å². The minimum absolute atomic E-state index is 0.308. The van der Waals surface area contributed by atoms with Crippen LogP contribution in [0.2, 0.25) is 0 Å². The lowest BCUT2D eigenvalue weighted by atomic mass is 10.6. The van der Waals surface area contributed by atoms with Crippen molar-refractivity contribution in [2.75, 3.05) is 11.5 Å². The van der Waals surface area contributed by atoms with Gasteiger partial charge >= 0.3 is 0 Å². The standard InChI is InChI=1S/C3H8O6S2/c4-10(5,6)2-1-3-11(7,8)9/h1-3H2,(H,4,5,6)(H,7,8,9). The van der Waals surface area contributed by atoms with Crippen molar-refractivity contribution >= 4 is 20.2 Å². The summed E-state index contributed by atoms with van der Waals surface area (Å²) in [6, 6.07) is 0. The molecule has 8 heteroatoms. The van der Waals surface area contributed by atoms with Gasteiger partial charge in [-0.1, -0.05) is 0 Å². The van der Waals surface area contributed by atoms with Crippen molar-refractivity contribution in [2.45, 2.75) is 6.42 Å². The molecule has 0 radical (unpaired) electrons. The molecule has 0 rings (SSSR count). The van der Waals surface area contributed by atoms with Gasteiger partial charge in [0, 0.05) is 0 Å². The molecule has 0 heterocycles. The summed E-state index contributed by atoms with van der Waals surface area (Å²) in [5.41, 5.74) is 0. The lowest BCUT2D eigenvalue weighted by Gasteiger charge is -1.94. The maximum Gasteiger partial charge on any atom is 0.264 e. The van der Waals surface area contributed by atoms with Crippen LogP contribution in [-0.2, 0) is 20.2 Å². The van der Waals surface area contributed by atoms with E-state index in [2.05, 4.69) is 0 Å². The molecule has 2 N–H and O–H groups in total. The first-order valence-electron chi connectivity index (χ1n) is 2.61. The molecule has 0 aromatic heterocycles. The maximum atomic E-state index is 10.00. The lowest BCUT2D eigenvalue weighted by molar-refractivity contribution is 0.477. The zero-order valence-corrected chi connectivity index (χ0v) is 7.10. The van der Waals surface area contributed by atoms with Gasteiger partial charge < -0.3 is 0 Å². The molecular formula is C3H8O6S2. The maximum absolute atomic E-state index is 10.00. The number of hydrogen-bond acceptors (Lipinski definition) is 4. The van der Waals surface area contributed by atoms with Crippen LogP contribution in [0.15, 0.2) is 0 Å². The molecule has 0 aliphatic heterocycles. The summed E-state index contributed by atoms with van der Waals surface area (Å²) < 4.78 is 56.2. The van der Waals surface area contributed by atoms with E-state index in [0.29, 0.717) is 0 Å². The van der Waals surface area contributed by atoms with E-state index in [1.54, 1.807) is 0 Å². The van der Waals surface area contributed by atoms with Gasteiger partial charge in [-0.3, -0.25) is 9.11 Å². The van der Waals surface area contributed by atoms with Crippen LogP contribution in [0.25, 0.3) is 0 Å². The third-order valence-electron chi connectivity index (χ3n) is 0.805. The summed E-state index contributed by atoms with van der Waals surface area (Å²) in [5, 5.41) is 0. The molecule has 68 valence electrons. The van der Waals surface area contributed by atoms with Crippen molar-refractivity contribution < 1.29 is 25.9 Å². The van der Waals surface area contributed by atoms with Crippen molar-refractivity contribution in [3.8, 4) is 0 Å². The smallest absolute Gasteiger partial charge is 0.264 e. The Morgan fingerprint density at radius 2 is 1.09 bits per heavy atom. The molecule has 0 saturated carbocycles. The average Bonchev–Trinajstić information content (AvgIpc) is 1.55. The Morgan fingerprint density at radius 3 is 1.27 bits per heavy atom. The van der Waals surface area contributed by atoms with Gasteiger partial charge in [0.2, 0.25) is 0 Å². The van der Waals surface area contributed by atoms with Crippen LogP contribution in [0.4, 0.5) is 0 Å². The largest absolute Gasteiger partial charge is 0.286 e. The van der Waals surface area contributed by atoms with Crippen LogP contribution in [0.3, 0.4) is 0 Å². The highest BCUT2D eigenvalue weighted by Gasteiger charge is 2.08. The molecule has 0 aliphatic rings. The van der Waals surface area contributed by atoms with Crippen molar-refractivity contribution in [2.24, 2.45) is 0 Å². The molecule has 0 saturated heterocycles. The van der Waals surface area contributed by atoms with Gasteiger partial charge in [0.1, 0.15) is 0 Å². The monoisotopic (exact) mass is 204 g/mol. The first-order chi connectivity index (χ1) is 4.71. The second-order valence-electron chi connectivity index (χ2n) is 1.93. The first kappa shape index (κ1) is 10.8. The quantitative estimate of drug-likeness (QED) is 0.577. The highest BCUT2D eigenvalue weighted by atomic mass is 32.2. The molecule has 0 aromatic carbocycles. The third kappa shape index (κ3) is 9.82. The van der Waals surface area contributed by atoms with Crippen LogP contribution >= 0.6 is 0 Å². The summed E-state index contributed by atoms with van der Waals surface area (Å²) in [5.74, 6) is -1.32. The predicted octanol–water partition coefficient (Wildman–Crippen LogP) is -0.848. The molecule has 6 nitrogen and oxygen atoms in total. The van der Waals surface area contributed by atoms with Crippen molar-refractivity contribution in [1.82, 2.24) is 0 Å². The minimum atomic E-state index is -4.12. The highest BCUT2D eigenvalue weighted by molar-refractivity contribution is 7.86. The molecule has 0 unspecified atom stereocenters. The van der Waals surface area contributed by atoms with E-state index in [-0.39, 0.29) is 6.42 Å². The number of hydrogen-bond donors (Lipinski definition) is 2. The first-order valence-corrected chi connectivity index (χ1v) is 5.83. The van der Waals surface area contributed by atoms with Gasteiger partial charge in [-0.2, -0.15) is 16.8 Å². The lowest BCUT2D eigenvalue weighted by Crippen LogP contribution is -2.10. The second kappa shape index (κ2) is 3.48. The Kier molecular flexibility index (Phi) is 3.42. The summed E-state index contributed by atoms with van der Waals surface area (Å²) in [7, 11) is -8.24. The molecular weight excluding hydrogens is 196 g/mol. The fourth-order valence-corrected chi connectivity index (χ4v) is 1.62. The summed E-state index contributed by atoms with van der Waals surface area (Å²) in [4.78, 5) is 0. The van der Waals surface area contributed by atoms with Crippen molar-refractivity contribution in [3.05, 3.63) is 0 Å². The molecule has 11 heavy (non-hydrogen) atoms. The molecule has 0 spiro atoms. The molecule has 0 bridgehead atoms. The predicted molar refractivity (Wildman–Crippen MR) is 37.4 cm³/mol. The Hall–Kier alpha value is -0.180. The molecule has 0 fully saturated rings. The van der Waals surface area contributed by atoms with E-state index in [1.807, 2.05) is 0 Å². The number of rotatable bonds is 4. The summed E-state index contributed by atoms with van der Waals surface area (Å²) in [6.07, 6.45) is -0.308. The van der Waals surface area contributed by atoms with Gasteiger partial charge in [0.25, 0.3) is 20.2 Å². The Morgan fingerprint density at radius 1 is 0.818 bits per heavy atom. The van der Waals surface area contributed by atoms with Gasteiger partial charge in [0.15, 0.2) is 0 Å². The van der Waals surface area contributed by atoms with Crippen LogP contribution in [-0.4, -0.2) is 37.4 Å². The molecule has 0 aliphatic carbocycles. The third-order valence-corrected chi connectivity index (χ3v) is 2.41. The fraction of sp³-hybridized carbons (Fsp3) is 1.00. The van der Waals surface area contributed by atoms with E-state index in [0.717, 1.165) is 0 Å². The van der Waals surface area contributed by atoms with Gasteiger partial charge in [0.05, 0.1) is 11.5 Å². The van der Waals surface area contributed by atoms with E-state index in [9.17, 15) is 16.8 Å². The van der Waals surface area contributed by atoms with Crippen LogP contribution in [0.1, 0.15) is 6.42 Å². The zero-order chi connectivity index (χ0) is 9.12. The van der Waals surface area contributed by atoms with Crippen LogP contribution in [0.5, 0.6) is 0 Å². The van der Waals surface area contributed by atoms with Crippen LogP contribution in [0, 0.1) is 0 Å². The SMILES string of the molecule is O=S(=O)(O)CCCS(=O)(=O)O. The van der Waals surface area contributed by atoms with E-state index >= 15 is 0 Å².